The summed E-state index contributed by atoms with van der Waals surface area (Å²) in [7, 11) is 0. The highest BCUT2D eigenvalue weighted by Gasteiger charge is 2.30. The minimum absolute atomic E-state index is 0.398. The number of primary amides is 1. The first-order valence-corrected chi connectivity index (χ1v) is 5.79. The molecule has 4 nitrogen and oxygen atoms in total. The number of hydrogen-bond acceptors (Lipinski definition) is 3. The first-order valence-electron chi connectivity index (χ1n) is 5.79. The van der Waals surface area contributed by atoms with Crippen molar-refractivity contribution >= 4 is 5.91 Å². The monoisotopic (exact) mass is 213 g/mol. The van der Waals surface area contributed by atoms with Crippen LogP contribution in [0.1, 0.15) is 33.1 Å². The third-order valence-corrected chi connectivity index (χ3v) is 2.85. The largest absolute Gasteiger partial charge is 0.368 e. The van der Waals surface area contributed by atoms with E-state index in [1.807, 2.05) is 0 Å². The number of rotatable bonds is 7. The van der Waals surface area contributed by atoms with Crippen LogP contribution in [0, 0.1) is 5.92 Å². The molecule has 0 aliphatic heterocycles. The third-order valence-electron chi connectivity index (χ3n) is 2.85. The van der Waals surface area contributed by atoms with Gasteiger partial charge in [-0.05, 0) is 31.7 Å². The van der Waals surface area contributed by atoms with Gasteiger partial charge in [0.05, 0.1) is 6.04 Å². The minimum atomic E-state index is -0.516. The average molecular weight is 213 g/mol. The Morgan fingerprint density at radius 3 is 2.47 bits per heavy atom. The van der Waals surface area contributed by atoms with Crippen molar-refractivity contribution in [1.29, 1.82) is 0 Å². The van der Waals surface area contributed by atoms with Gasteiger partial charge in [0.25, 0.3) is 0 Å². The van der Waals surface area contributed by atoms with Crippen molar-refractivity contribution in [2.24, 2.45) is 17.4 Å². The van der Waals surface area contributed by atoms with Crippen molar-refractivity contribution in [3.63, 3.8) is 0 Å². The SMILES string of the molecule is CC(C)CCN(CC(N)C(N)=O)C1CC1. The van der Waals surface area contributed by atoms with Crippen LogP contribution in [0.5, 0.6) is 0 Å². The molecule has 1 atom stereocenters. The van der Waals surface area contributed by atoms with Gasteiger partial charge >= 0.3 is 0 Å². The Balaban J connectivity index is 2.33. The van der Waals surface area contributed by atoms with Crippen molar-refractivity contribution < 1.29 is 4.79 Å². The molecule has 1 rings (SSSR count). The minimum Gasteiger partial charge on any atom is -0.368 e. The molecule has 15 heavy (non-hydrogen) atoms. The third kappa shape index (κ3) is 4.62. The number of nitrogens with two attached hydrogens (primary N) is 2. The Kier molecular flexibility index (Phi) is 4.54. The lowest BCUT2D eigenvalue weighted by Crippen LogP contribution is -2.47. The van der Waals surface area contributed by atoms with Crippen LogP contribution in [-0.2, 0) is 4.79 Å². The Hall–Kier alpha value is -0.610. The van der Waals surface area contributed by atoms with Crippen LogP contribution in [-0.4, -0.2) is 36.0 Å². The summed E-state index contributed by atoms with van der Waals surface area (Å²) in [4.78, 5) is 13.2. The van der Waals surface area contributed by atoms with Gasteiger partial charge in [-0.3, -0.25) is 9.69 Å². The fourth-order valence-electron chi connectivity index (χ4n) is 1.63. The number of amides is 1. The lowest BCUT2D eigenvalue weighted by Gasteiger charge is -2.24. The van der Waals surface area contributed by atoms with E-state index in [0.29, 0.717) is 18.5 Å². The molecule has 0 radical (unpaired) electrons. The van der Waals surface area contributed by atoms with E-state index in [0.717, 1.165) is 13.0 Å². The summed E-state index contributed by atoms with van der Waals surface area (Å²) in [5, 5.41) is 0. The molecule has 1 aliphatic rings. The maximum atomic E-state index is 10.9. The first-order chi connectivity index (χ1) is 7.00. The maximum absolute atomic E-state index is 10.9. The highest BCUT2D eigenvalue weighted by Crippen LogP contribution is 2.27. The van der Waals surface area contributed by atoms with Crippen LogP contribution < -0.4 is 11.5 Å². The van der Waals surface area contributed by atoms with E-state index >= 15 is 0 Å². The van der Waals surface area contributed by atoms with Crippen LogP contribution >= 0.6 is 0 Å². The van der Waals surface area contributed by atoms with Crippen LogP contribution in [0.4, 0.5) is 0 Å². The summed E-state index contributed by atoms with van der Waals surface area (Å²) in [5.41, 5.74) is 10.8. The van der Waals surface area contributed by atoms with E-state index in [9.17, 15) is 4.79 Å². The summed E-state index contributed by atoms with van der Waals surface area (Å²) >= 11 is 0. The summed E-state index contributed by atoms with van der Waals surface area (Å²) in [5.74, 6) is 0.293. The molecular weight excluding hydrogens is 190 g/mol. The fourth-order valence-corrected chi connectivity index (χ4v) is 1.63. The van der Waals surface area contributed by atoms with Crippen molar-refractivity contribution in [3.05, 3.63) is 0 Å². The predicted molar refractivity (Wildman–Crippen MR) is 61.2 cm³/mol. The summed E-state index contributed by atoms with van der Waals surface area (Å²) in [6.45, 7) is 6.06. The normalized spacial score (nSPS) is 18.5. The number of nitrogens with zero attached hydrogens (tertiary/aromatic N) is 1. The van der Waals surface area contributed by atoms with Crippen molar-refractivity contribution in [2.75, 3.05) is 13.1 Å². The number of hydrogen-bond donors (Lipinski definition) is 2. The van der Waals surface area contributed by atoms with Gasteiger partial charge in [0.1, 0.15) is 0 Å². The molecule has 1 saturated carbocycles. The molecule has 1 unspecified atom stereocenters. The van der Waals surface area contributed by atoms with Crippen LogP contribution in [0.25, 0.3) is 0 Å². The molecule has 1 amide bonds. The molecule has 4 N–H and O–H groups in total. The van der Waals surface area contributed by atoms with Crippen LogP contribution in [0.2, 0.25) is 0 Å². The highest BCUT2D eigenvalue weighted by atomic mass is 16.1. The van der Waals surface area contributed by atoms with Gasteiger partial charge in [-0.2, -0.15) is 0 Å². The fraction of sp³-hybridized carbons (Fsp3) is 0.909. The molecule has 0 aromatic carbocycles. The summed E-state index contributed by atoms with van der Waals surface area (Å²) in [6.07, 6.45) is 3.63. The molecule has 1 fully saturated rings. The van der Waals surface area contributed by atoms with Crippen LogP contribution in [0.15, 0.2) is 0 Å². The standard InChI is InChI=1S/C11H23N3O/c1-8(2)5-6-14(9-3-4-9)7-10(12)11(13)15/h8-10H,3-7,12H2,1-2H3,(H2,13,15). The average Bonchev–Trinajstić information content (AvgIpc) is 2.94. The molecule has 4 heteroatoms. The molecule has 1 aliphatic carbocycles. The Morgan fingerprint density at radius 1 is 1.47 bits per heavy atom. The molecule has 88 valence electrons. The zero-order chi connectivity index (χ0) is 11.4. The summed E-state index contributed by atoms with van der Waals surface area (Å²) < 4.78 is 0. The predicted octanol–water partition coefficient (Wildman–Crippen LogP) is 0.310. The second kappa shape index (κ2) is 5.47. The van der Waals surface area contributed by atoms with Crippen molar-refractivity contribution in [1.82, 2.24) is 4.90 Å². The van der Waals surface area contributed by atoms with Crippen LogP contribution in [0.3, 0.4) is 0 Å². The first kappa shape index (κ1) is 12.5. The van der Waals surface area contributed by atoms with E-state index in [4.69, 9.17) is 11.5 Å². The van der Waals surface area contributed by atoms with E-state index < -0.39 is 11.9 Å². The zero-order valence-corrected chi connectivity index (χ0v) is 9.78. The Bertz CT molecular complexity index is 214. The molecule has 0 spiro atoms. The maximum Gasteiger partial charge on any atom is 0.235 e. The zero-order valence-electron chi connectivity index (χ0n) is 9.78. The smallest absolute Gasteiger partial charge is 0.235 e. The van der Waals surface area contributed by atoms with Gasteiger partial charge in [0.15, 0.2) is 0 Å². The van der Waals surface area contributed by atoms with Gasteiger partial charge < -0.3 is 11.5 Å². The van der Waals surface area contributed by atoms with E-state index in [2.05, 4.69) is 18.7 Å². The van der Waals surface area contributed by atoms with Gasteiger partial charge in [-0.25, -0.2) is 0 Å². The molecule has 0 heterocycles. The number of carbonyl (C=O) groups is 1. The van der Waals surface area contributed by atoms with E-state index in [-0.39, 0.29) is 0 Å². The molecule has 0 aromatic heterocycles. The Labute approximate surface area is 92.0 Å². The Morgan fingerprint density at radius 2 is 2.07 bits per heavy atom. The van der Waals surface area contributed by atoms with Gasteiger partial charge in [-0.15, -0.1) is 0 Å². The van der Waals surface area contributed by atoms with Crippen molar-refractivity contribution in [2.45, 2.75) is 45.2 Å². The van der Waals surface area contributed by atoms with E-state index in [1.54, 1.807) is 0 Å². The summed E-state index contributed by atoms with van der Waals surface area (Å²) in [6, 6.07) is 0.131. The lowest BCUT2D eigenvalue weighted by atomic mass is 10.1. The second-order valence-electron chi connectivity index (χ2n) is 4.92. The highest BCUT2D eigenvalue weighted by molar-refractivity contribution is 5.79. The molecule has 0 bridgehead atoms. The molecule has 0 saturated heterocycles. The molecular formula is C11H23N3O. The lowest BCUT2D eigenvalue weighted by molar-refractivity contribution is -0.119. The second-order valence-corrected chi connectivity index (χ2v) is 4.92. The van der Waals surface area contributed by atoms with Gasteiger partial charge in [0.2, 0.25) is 5.91 Å². The van der Waals surface area contributed by atoms with Crippen molar-refractivity contribution in [3.8, 4) is 0 Å². The molecule has 0 aromatic rings. The topological polar surface area (TPSA) is 72.3 Å². The van der Waals surface area contributed by atoms with Gasteiger partial charge in [-0.1, -0.05) is 13.8 Å². The quantitative estimate of drug-likeness (QED) is 0.639. The van der Waals surface area contributed by atoms with E-state index in [1.165, 1.54) is 12.8 Å². The number of carbonyl (C=O) groups excluding carboxylic acids is 1. The van der Waals surface area contributed by atoms with Gasteiger partial charge in [0, 0.05) is 12.6 Å².